The van der Waals surface area contributed by atoms with Gasteiger partial charge in [-0.15, -0.1) is 11.3 Å². The third-order valence-corrected chi connectivity index (χ3v) is 11.0. The van der Waals surface area contributed by atoms with E-state index in [0.717, 1.165) is 10.6 Å². The molecular weight excluding hydrogens is 591 g/mol. The second-order valence-corrected chi connectivity index (χ2v) is 13.4. The van der Waals surface area contributed by atoms with Crippen molar-refractivity contribution < 1.29 is 0 Å². The first-order chi connectivity index (χ1) is 23.3. The van der Waals surface area contributed by atoms with Crippen LogP contribution in [0.25, 0.3) is 69.6 Å². The first kappa shape index (κ1) is 26.5. The zero-order valence-corrected chi connectivity index (χ0v) is 26.6. The van der Waals surface area contributed by atoms with Gasteiger partial charge in [-0.05, 0) is 45.7 Å². The van der Waals surface area contributed by atoms with E-state index < -0.39 is 0 Å². The summed E-state index contributed by atoms with van der Waals surface area (Å²) in [6, 6.07) is 54.8. The van der Waals surface area contributed by atoms with Crippen molar-refractivity contribution >= 4 is 69.8 Å². The van der Waals surface area contributed by atoms with Crippen LogP contribution in [-0.2, 0) is 0 Å². The van der Waals surface area contributed by atoms with E-state index in [1.54, 1.807) is 0 Å². The summed E-state index contributed by atoms with van der Waals surface area (Å²) in [6.07, 6.45) is -0.286. The number of hydrogen-bond donors (Lipinski definition) is 0. The van der Waals surface area contributed by atoms with E-state index in [4.69, 9.17) is 4.99 Å². The Morgan fingerprint density at radius 3 is 1.94 bits per heavy atom. The number of hydrogen-bond acceptors (Lipinski definition) is 3. The van der Waals surface area contributed by atoms with Crippen LogP contribution in [-0.4, -0.2) is 16.5 Å². The second-order valence-electron chi connectivity index (χ2n) is 12.4. The number of nitrogens with zero attached hydrogens (tertiary/aromatic N) is 3. The zero-order chi connectivity index (χ0) is 31.1. The van der Waals surface area contributed by atoms with Crippen LogP contribution in [0.5, 0.6) is 0 Å². The molecule has 4 heteroatoms. The normalized spacial score (nSPS) is 14.8. The van der Waals surface area contributed by atoms with Crippen molar-refractivity contribution in [2.75, 3.05) is 7.05 Å². The minimum Gasteiger partial charge on any atom is -0.335 e. The fourth-order valence-corrected chi connectivity index (χ4v) is 9.01. The van der Waals surface area contributed by atoms with Crippen molar-refractivity contribution in [1.82, 2.24) is 9.47 Å². The molecule has 222 valence electrons. The van der Waals surface area contributed by atoms with Crippen LogP contribution in [0.4, 0.5) is 0 Å². The van der Waals surface area contributed by atoms with Crippen molar-refractivity contribution in [2.45, 2.75) is 6.29 Å². The van der Waals surface area contributed by atoms with E-state index in [-0.39, 0.29) is 6.29 Å². The Hall–Kier alpha value is -5.71. The summed E-state index contributed by atoms with van der Waals surface area (Å²) in [5.74, 6) is 0. The van der Waals surface area contributed by atoms with E-state index in [1.807, 2.05) is 11.3 Å². The number of rotatable bonds is 3. The average Bonchev–Trinajstić information content (AvgIpc) is 3.69. The number of benzene rings is 7. The maximum atomic E-state index is 5.52. The largest absolute Gasteiger partial charge is 0.335 e. The third kappa shape index (κ3) is 3.82. The van der Waals surface area contributed by atoms with Gasteiger partial charge in [0.15, 0.2) is 0 Å². The van der Waals surface area contributed by atoms with Crippen LogP contribution in [0.1, 0.15) is 11.9 Å². The third-order valence-electron chi connectivity index (χ3n) is 9.80. The second kappa shape index (κ2) is 10.1. The first-order valence-corrected chi connectivity index (χ1v) is 16.9. The quantitative estimate of drug-likeness (QED) is 0.193. The van der Waals surface area contributed by atoms with Gasteiger partial charge in [-0.25, -0.2) is 4.99 Å². The summed E-state index contributed by atoms with van der Waals surface area (Å²) in [6.45, 7) is 0. The van der Waals surface area contributed by atoms with Crippen LogP contribution in [0.3, 0.4) is 0 Å². The minimum absolute atomic E-state index is 0.286. The molecule has 0 bridgehead atoms. The molecule has 1 aliphatic heterocycles. The monoisotopic (exact) mass is 619 g/mol. The summed E-state index contributed by atoms with van der Waals surface area (Å²) in [5, 5.41) is 9.95. The zero-order valence-electron chi connectivity index (χ0n) is 25.8. The minimum atomic E-state index is -0.286. The Labute approximate surface area is 275 Å². The lowest BCUT2D eigenvalue weighted by Gasteiger charge is -2.34. The van der Waals surface area contributed by atoms with Crippen molar-refractivity contribution in [3.63, 3.8) is 0 Å². The number of thiophene rings is 1. The standard InChI is InChI=1S/C43H29N3S/c1-45-40(29-25-23-28(24-26-29)27-13-3-2-4-14-27)32-17-7-10-20-35(32)44-43(45)46-36-21-11-8-18-33(36)38-30-15-5-6-16-31(30)39-34-19-9-12-22-37(34)47-42(39)41(38)46/h2-26,43H,1H3. The molecule has 47 heavy (non-hydrogen) atoms. The molecule has 2 aromatic heterocycles. The van der Waals surface area contributed by atoms with Crippen molar-refractivity contribution in [3.8, 4) is 11.1 Å². The summed E-state index contributed by atoms with van der Waals surface area (Å²) in [7, 11) is 2.20. The molecule has 0 fully saturated rings. The molecule has 9 aromatic rings. The fraction of sp³-hybridized carbons (Fsp3) is 0.0465. The highest BCUT2D eigenvalue weighted by Gasteiger charge is 2.29. The topological polar surface area (TPSA) is 20.5 Å². The van der Waals surface area contributed by atoms with Gasteiger partial charge in [-0.2, -0.15) is 0 Å². The number of para-hydroxylation sites is 2. The highest BCUT2D eigenvalue weighted by atomic mass is 32.1. The van der Waals surface area contributed by atoms with Gasteiger partial charge in [-0.3, -0.25) is 4.57 Å². The molecular formula is C43H29N3S. The summed E-state index contributed by atoms with van der Waals surface area (Å²) < 4.78 is 5.12. The summed E-state index contributed by atoms with van der Waals surface area (Å²) >= 11 is 1.90. The predicted octanol–water partition coefficient (Wildman–Crippen LogP) is 9.86. The molecule has 0 aliphatic carbocycles. The maximum Gasteiger partial charge on any atom is 0.203 e. The van der Waals surface area contributed by atoms with Crippen molar-refractivity contribution in [3.05, 3.63) is 168 Å². The van der Waals surface area contributed by atoms with Gasteiger partial charge in [0.1, 0.15) is 0 Å². The van der Waals surface area contributed by atoms with Gasteiger partial charge in [-0.1, -0.05) is 133 Å². The highest BCUT2D eigenvalue weighted by Crippen LogP contribution is 2.48. The number of aromatic nitrogens is 1. The van der Waals surface area contributed by atoms with E-state index >= 15 is 0 Å². The fourth-order valence-electron chi connectivity index (χ4n) is 7.74. The first-order valence-electron chi connectivity index (χ1n) is 16.1. The molecule has 7 aromatic carbocycles. The van der Waals surface area contributed by atoms with Gasteiger partial charge in [0.2, 0.25) is 6.29 Å². The van der Waals surface area contributed by atoms with Gasteiger partial charge in [0.05, 0.1) is 26.8 Å². The smallest absolute Gasteiger partial charge is 0.203 e. The lowest BCUT2D eigenvalue weighted by atomic mass is 9.99. The van der Waals surface area contributed by atoms with Crippen molar-refractivity contribution in [2.24, 2.45) is 4.99 Å². The molecule has 0 amide bonds. The van der Waals surface area contributed by atoms with Crippen LogP contribution >= 0.6 is 11.3 Å². The van der Waals surface area contributed by atoms with Crippen LogP contribution in [0.2, 0.25) is 0 Å². The Morgan fingerprint density at radius 1 is 0.532 bits per heavy atom. The molecule has 0 radical (unpaired) electrons. The summed E-state index contributed by atoms with van der Waals surface area (Å²) in [4.78, 5) is 7.90. The van der Waals surface area contributed by atoms with E-state index in [0.29, 0.717) is 0 Å². The SMILES string of the molecule is CN1C(c2ccc(-c3ccccc3)cc2)=c2ccccc2=NC1n1c2ccccc2c2c3ccccc3c3c4ccccc4sc3c21. The average molecular weight is 620 g/mol. The van der Waals surface area contributed by atoms with Crippen LogP contribution in [0, 0.1) is 0 Å². The van der Waals surface area contributed by atoms with E-state index in [2.05, 4.69) is 168 Å². The molecule has 1 aliphatic rings. The molecule has 1 unspecified atom stereocenters. The Balaban J connectivity index is 1.29. The van der Waals surface area contributed by atoms with E-state index in [9.17, 15) is 0 Å². The van der Waals surface area contributed by atoms with Crippen LogP contribution < -0.4 is 10.6 Å². The Bertz CT molecular complexity index is 2810. The summed E-state index contributed by atoms with van der Waals surface area (Å²) in [5.41, 5.74) is 7.23. The molecule has 3 nitrogen and oxygen atoms in total. The molecule has 1 atom stereocenters. The molecule has 0 saturated heterocycles. The maximum absolute atomic E-state index is 5.52. The lowest BCUT2D eigenvalue weighted by Crippen LogP contribution is -2.42. The van der Waals surface area contributed by atoms with Gasteiger partial charge in [0, 0.05) is 38.5 Å². The van der Waals surface area contributed by atoms with Gasteiger partial charge in [0.25, 0.3) is 0 Å². The highest BCUT2D eigenvalue weighted by molar-refractivity contribution is 7.27. The Kier molecular flexibility index (Phi) is 5.72. The van der Waals surface area contributed by atoms with Gasteiger partial charge < -0.3 is 4.90 Å². The molecule has 0 N–H and O–H groups in total. The molecule has 0 saturated carbocycles. The lowest BCUT2D eigenvalue weighted by molar-refractivity contribution is 0.271. The van der Waals surface area contributed by atoms with Crippen LogP contribution in [0.15, 0.2) is 157 Å². The van der Waals surface area contributed by atoms with Gasteiger partial charge >= 0.3 is 0 Å². The Morgan fingerprint density at radius 2 is 1.13 bits per heavy atom. The molecule has 3 heterocycles. The predicted molar refractivity (Wildman–Crippen MR) is 198 cm³/mol. The van der Waals surface area contributed by atoms with E-state index in [1.165, 1.54) is 75.1 Å². The number of fused-ring (bicyclic) bond motifs is 11. The molecule has 10 rings (SSSR count). The van der Waals surface area contributed by atoms with Crippen molar-refractivity contribution in [1.29, 1.82) is 0 Å². The molecule has 0 spiro atoms.